The van der Waals surface area contributed by atoms with Crippen LogP contribution in [0, 0.1) is 3.70 Å². The molecule has 2 aliphatic rings. The molecule has 2 heterocycles. The van der Waals surface area contributed by atoms with Crippen molar-refractivity contribution in [2.45, 2.75) is 50.4 Å². The van der Waals surface area contributed by atoms with Gasteiger partial charge < -0.3 is 9.67 Å². The van der Waals surface area contributed by atoms with Crippen molar-refractivity contribution in [3.8, 4) is 0 Å². The van der Waals surface area contributed by atoms with Crippen LogP contribution in [0.5, 0.6) is 0 Å². The topological polar surface area (TPSA) is 58.4 Å². The lowest BCUT2D eigenvalue weighted by Crippen LogP contribution is -2.42. The molecule has 1 aliphatic carbocycles. The zero-order valence-corrected chi connectivity index (χ0v) is 17.1. The molecule has 1 aromatic heterocycles. The Bertz CT molecular complexity index is 908. The summed E-state index contributed by atoms with van der Waals surface area (Å²) < 4.78 is 41.8. The lowest BCUT2D eigenvalue weighted by Gasteiger charge is -2.35. The van der Waals surface area contributed by atoms with Crippen molar-refractivity contribution >= 4 is 28.7 Å². The molecule has 1 unspecified atom stereocenters. The van der Waals surface area contributed by atoms with E-state index < -0.39 is 23.9 Å². The molecule has 1 atom stereocenters. The molecular weight excluding hydrogens is 486 g/mol. The Hall–Kier alpha value is -1.78. The van der Waals surface area contributed by atoms with Crippen molar-refractivity contribution in [1.29, 1.82) is 0 Å². The SMILES string of the molecule is O=C(O)N1CCn2c(C3CC3)nc(I)c2C1CCc1cccc(C(F)(F)F)c1. The summed E-state index contributed by atoms with van der Waals surface area (Å²) in [6.45, 7) is 0.936. The van der Waals surface area contributed by atoms with Crippen LogP contribution in [0.3, 0.4) is 0 Å². The number of aromatic nitrogens is 2. The summed E-state index contributed by atoms with van der Waals surface area (Å²) >= 11 is 2.14. The number of alkyl halides is 3. The van der Waals surface area contributed by atoms with Crippen molar-refractivity contribution < 1.29 is 23.1 Å². The van der Waals surface area contributed by atoms with E-state index >= 15 is 0 Å². The minimum absolute atomic E-state index is 0.360. The Kier molecular flexibility index (Phi) is 5.05. The molecule has 1 N–H and O–H groups in total. The second-order valence-electron chi connectivity index (χ2n) is 7.30. The summed E-state index contributed by atoms with van der Waals surface area (Å²) in [6.07, 6.45) is -2.42. The van der Waals surface area contributed by atoms with Gasteiger partial charge in [-0.05, 0) is 59.9 Å². The number of carboxylic acid groups (broad SMARTS) is 1. The minimum atomic E-state index is -4.39. The number of rotatable bonds is 4. The van der Waals surface area contributed by atoms with Gasteiger partial charge in [-0.1, -0.05) is 18.2 Å². The Labute approximate surface area is 173 Å². The van der Waals surface area contributed by atoms with Crippen LogP contribution in [0.4, 0.5) is 18.0 Å². The molecular formula is C19H19F3IN3O2. The van der Waals surface area contributed by atoms with Gasteiger partial charge in [0, 0.05) is 19.0 Å². The lowest BCUT2D eigenvalue weighted by molar-refractivity contribution is -0.137. The fourth-order valence-electron chi connectivity index (χ4n) is 3.90. The first-order valence-corrected chi connectivity index (χ1v) is 10.2. The number of nitrogens with zero attached hydrogens (tertiary/aromatic N) is 3. The molecule has 4 rings (SSSR count). The molecule has 1 fully saturated rings. The average Bonchev–Trinajstić information content (AvgIpc) is 3.43. The van der Waals surface area contributed by atoms with E-state index in [1.54, 1.807) is 6.07 Å². The van der Waals surface area contributed by atoms with Gasteiger partial charge in [0.25, 0.3) is 0 Å². The Morgan fingerprint density at radius 2 is 2.04 bits per heavy atom. The summed E-state index contributed by atoms with van der Waals surface area (Å²) in [5, 5.41) is 9.65. The number of amides is 1. The van der Waals surface area contributed by atoms with Gasteiger partial charge in [-0.2, -0.15) is 13.2 Å². The van der Waals surface area contributed by atoms with E-state index in [1.807, 2.05) is 0 Å². The predicted octanol–water partition coefficient (Wildman–Crippen LogP) is 5.05. The summed E-state index contributed by atoms with van der Waals surface area (Å²) in [5.41, 5.74) is 0.747. The third-order valence-electron chi connectivity index (χ3n) is 5.40. The zero-order valence-electron chi connectivity index (χ0n) is 14.9. The van der Waals surface area contributed by atoms with Gasteiger partial charge in [-0.15, -0.1) is 0 Å². The maximum atomic E-state index is 13.0. The molecule has 28 heavy (non-hydrogen) atoms. The molecule has 1 aliphatic heterocycles. The largest absolute Gasteiger partial charge is 0.465 e. The molecule has 0 bridgehead atoms. The van der Waals surface area contributed by atoms with Gasteiger partial charge in [0.05, 0.1) is 17.3 Å². The van der Waals surface area contributed by atoms with E-state index in [-0.39, 0.29) is 0 Å². The van der Waals surface area contributed by atoms with Crippen molar-refractivity contribution in [3.05, 3.63) is 50.6 Å². The molecule has 1 amide bonds. The second-order valence-corrected chi connectivity index (χ2v) is 8.32. The number of benzene rings is 1. The first-order valence-electron chi connectivity index (χ1n) is 9.17. The standard InChI is InChI=1S/C19H19F3IN3O2/c20-19(21,22)13-3-1-2-11(10-13)4-7-14-15-16(23)24-17(12-5-6-12)26(15)9-8-25(14)18(27)28/h1-3,10,12,14H,4-9H2,(H,27,28). The van der Waals surface area contributed by atoms with Crippen LogP contribution in [0.2, 0.25) is 0 Å². The highest BCUT2D eigenvalue weighted by Crippen LogP contribution is 2.43. The van der Waals surface area contributed by atoms with E-state index in [2.05, 4.69) is 32.1 Å². The number of carbonyl (C=O) groups is 1. The van der Waals surface area contributed by atoms with Gasteiger partial charge in [0.2, 0.25) is 0 Å². The summed E-state index contributed by atoms with van der Waals surface area (Å²) in [6, 6.07) is 4.83. The number of imidazole rings is 1. The van der Waals surface area contributed by atoms with E-state index in [0.717, 1.165) is 40.2 Å². The van der Waals surface area contributed by atoms with Crippen LogP contribution in [0.1, 0.15) is 53.9 Å². The summed E-state index contributed by atoms with van der Waals surface area (Å²) in [7, 11) is 0. The van der Waals surface area contributed by atoms with E-state index in [4.69, 9.17) is 0 Å². The number of halogens is 4. The van der Waals surface area contributed by atoms with Crippen LogP contribution in [0.25, 0.3) is 0 Å². The Balaban J connectivity index is 1.61. The highest BCUT2D eigenvalue weighted by molar-refractivity contribution is 14.1. The van der Waals surface area contributed by atoms with E-state index in [1.165, 1.54) is 11.0 Å². The monoisotopic (exact) mass is 505 g/mol. The number of aryl methyl sites for hydroxylation is 1. The third kappa shape index (κ3) is 3.72. The van der Waals surface area contributed by atoms with Crippen LogP contribution in [-0.2, 0) is 19.1 Å². The van der Waals surface area contributed by atoms with Crippen molar-refractivity contribution in [2.75, 3.05) is 6.54 Å². The van der Waals surface area contributed by atoms with Gasteiger partial charge in [-0.3, -0.25) is 4.90 Å². The number of hydrogen-bond acceptors (Lipinski definition) is 2. The first kappa shape index (κ1) is 19.5. The molecule has 1 aromatic carbocycles. The summed E-state index contributed by atoms with van der Waals surface area (Å²) in [4.78, 5) is 17.9. The number of hydrogen-bond donors (Lipinski definition) is 1. The second kappa shape index (κ2) is 7.23. The molecule has 0 radical (unpaired) electrons. The average molecular weight is 505 g/mol. The quantitative estimate of drug-likeness (QED) is 0.592. The molecule has 150 valence electrons. The van der Waals surface area contributed by atoms with Gasteiger partial charge in [0.15, 0.2) is 0 Å². The highest BCUT2D eigenvalue weighted by Gasteiger charge is 2.38. The molecule has 1 saturated carbocycles. The smallest absolute Gasteiger partial charge is 0.416 e. The van der Waals surface area contributed by atoms with Gasteiger partial charge >= 0.3 is 12.3 Å². The number of fused-ring (bicyclic) bond motifs is 1. The van der Waals surface area contributed by atoms with Crippen LogP contribution in [-0.4, -0.2) is 32.2 Å². The fourth-order valence-corrected chi connectivity index (χ4v) is 4.80. The van der Waals surface area contributed by atoms with Gasteiger partial charge in [0.1, 0.15) is 9.53 Å². The minimum Gasteiger partial charge on any atom is -0.465 e. The van der Waals surface area contributed by atoms with Crippen LogP contribution >= 0.6 is 22.6 Å². The van der Waals surface area contributed by atoms with Gasteiger partial charge in [-0.25, -0.2) is 9.78 Å². The highest BCUT2D eigenvalue weighted by atomic mass is 127. The maximum absolute atomic E-state index is 13.0. The zero-order chi connectivity index (χ0) is 20.1. The van der Waals surface area contributed by atoms with Crippen LogP contribution in [0.15, 0.2) is 24.3 Å². The molecule has 0 spiro atoms. The third-order valence-corrected chi connectivity index (χ3v) is 6.19. The molecule has 2 aromatic rings. The van der Waals surface area contributed by atoms with Crippen molar-refractivity contribution in [2.24, 2.45) is 0 Å². The normalized spacial score (nSPS) is 19.6. The van der Waals surface area contributed by atoms with Crippen molar-refractivity contribution in [3.63, 3.8) is 0 Å². The molecule has 0 saturated heterocycles. The first-order chi connectivity index (χ1) is 13.3. The van der Waals surface area contributed by atoms with Crippen LogP contribution < -0.4 is 0 Å². The molecule has 9 heteroatoms. The van der Waals surface area contributed by atoms with Crippen molar-refractivity contribution in [1.82, 2.24) is 14.5 Å². The molecule has 5 nitrogen and oxygen atoms in total. The lowest BCUT2D eigenvalue weighted by atomic mass is 9.99. The predicted molar refractivity (Wildman–Crippen MR) is 104 cm³/mol. The summed E-state index contributed by atoms with van der Waals surface area (Å²) in [5.74, 6) is 1.47. The van der Waals surface area contributed by atoms with E-state index in [0.29, 0.717) is 37.4 Å². The Morgan fingerprint density at radius 3 is 2.68 bits per heavy atom. The van der Waals surface area contributed by atoms with E-state index in [9.17, 15) is 23.1 Å². The Morgan fingerprint density at radius 1 is 1.29 bits per heavy atom. The fraction of sp³-hybridized carbons (Fsp3) is 0.474. The maximum Gasteiger partial charge on any atom is 0.416 e.